The lowest BCUT2D eigenvalue weighted by molar-refractivity contribution is -0.141. The van der Waals surface area contributed by atoms with E-state index in [1.54, 1.807) is 29.2 Å². The molecule has 1 aliphatic heterocycles. The predicted molar refractivity (Wildman–Crippen MR) is 172 cm³/mol. The topological polar surface area (TPSA) is 145 Å². The fourth-order valence-corrected chi connectivity index (χ4v) is 6.46. The van der Waals surface area contributed by atoms with E-state index in [9.17, 15) is 38.2 Å². The SMILES string of the molecule is CSCC[C@H](NC(=O)CNC(=O)COc1ccc([C@@H]2[C@@H](SCC(O)c3ccc(F)cc3)C(=O)N2c2ccc(F)cc2)cc1)C(=O)O. The molecule has 1 heterocycles. The minimum absolute atomic E-state index is 0.179. The molecule has 0 saturated carbocycles. The van der Waals surface area contributed by atoms with Crippen molar-refractivity contribution in [2.75, 3.05) is 35.8 Å². The van der Waals surface area contributed by atoms with Crippen LogP contribution >= 0.6 is 23.5 Å². The number of hydrogen-bond acceptors (Lipinski definition) is 8. The highest BCUT2D eigenvalue weighted by atomic mass is 32.2. The molecule has 0 aliphatic carbocycles. The van der Waals surface area contributed by atoms with Crippen LogP contribution in [0.5, 0.6) is 5.75 Å². The molecule has 1 aliphatic rings. The number of rotatable bonds is 16. The maximum Gasteiger partial charge on any atom is 0.326 e. The largest absolute Gasteiger partial charge is 0.484 e. The highest BCUT2D eigenvalue weighted by Crippen LogP contribution is 2.46. The Balaban J connectivity index is 1.35. The second-order valence-electron chi connectivity index (χ2n) is 10.3. The van der Waals surface area contributed by atoms with Crippen molar-refractivity contribution in [2.45, 2.75) is 29.9 Å². The van der Waals surface area contributed by atoms with E-state index in [4.69, 9.17) is 4.74 Å². The summed E-state index contributed by atoms with van der Waals surface area (Å²) in [5, 5.41) is 24.1. The average Bonchev–Trinajstić information content (AvgIpc) is 3.04. The van der Waals surface area contributed by atoms with Gasteiger partial charge in [-0.2, -0.15) is 11.8 Å². The van der Waals surface area contributed by atoms with Gasteiger partial charge in [0.25, 0.3) is 5.91 Å². The third kappa shape index (κ3) is 9.21. The fourth-order valence-electron chi connectivity index (χ4n) is 4.69. The molecule has 1 unspecified atom stereocenters. The third-order valence-corrected chi connectivity index (χ3v) is 9.09. The number of carbonyl (C=O) groups is 4. The van der Waals surface area contributed by atoms with Gasteiger partial charge < -0.3 is 30.5 Å². The maximum absolute atomic E-state index is 13.6. The first-order valence-corrected chi connectivity index (χ1v) is 16.7. The van der Waals surface area contributed by atoms with E-state index in [1.165, 1.54) is 72.1 Å². The number of carbonyl (C=O) groups excluding carboxylic acids is 3. The second-order valence-corrected chi connectivity index (χ2v) is 12.5. The normalized spacial score (nSPS) is 17.0. The maximum atomic E-state index is 13.6. The molecule has 14 heteroatoms. The zero-order valence-electron chi connectivity index (χ0n) is 24.7. The number of nitrogens with one attached hydrogen (secondary N) is 2. The quantitative estimate of drug-likeness (QED) is 0.167. The summed E-state index contributed by atoms with van der Waals surface area (Å²) in [7, 11) is 0. The predicted octanol–water partition coefficient (Wildman–Crippen LogP) is 3.71. The number of hydrogen-bond donors (Lipinski definition) is 4. The van der Waals surface area contributed by atoms with Gasteiger partial charge in [0, 0.05) is 11.4 Å². The molecular formula is C32H33F2N3O7S2. The zero-order chi connectivity index (χ0) is 33.2. The molecule has 46 heavy (non-hydrogen) atoms. The number of benzene rings is 3. The van der Waals surface area contributed by atoms with Gasteiger partial charge in [-0.05, 0) is 78.1 Å². The molecule has 10 nitrogen and oxygen atoms in total. The van der Waals surface area contributed by atoms with Gasteiger partial charge in [0.1, 0.15) is 28.7 Å². The third-order valence-electron chi connectivity index (χ3n) is 7.12. The highest BCUT2D eigenvalue weighted by molar-refractivity contribution is 8.00. The van der Waals surface area contributed by atoms with Crippen molar-refractivity contribution >= 4 is 52.9 Å². The summed E-state index contributed by atoms with van der Waals surface area (Å²) < 4.78 is 32.4. The van der Waals surface area contributed by atoms with Crippen molar-refractivity contribution in [1.82, 2.24) is 10.6 Å². The first kappa shape index (κ1) is 34.7. The lowest BCUT2D eigenvalue weighted by Gasteiger charge is -2.47. The van der Waals surface area contributed by atoms with Crippen LogP contribution in [0.25, 0.3) is 0 Å². The van der Waals surface area contributed by atoms with Crippen molar-refractivity contribution in [3.63, 3.8) is 0 Å². The number of aliphatic hydroxyl groups is 1. The molecular weight excluding hydrogens is 640 g/mol. The number of halogens is 2. The molecule has 4 atom stereocenters. The molecule has 1 saturated heterocycles. The average molecular weight is 674 g/mol. The van der Waals surface area contributed by atoms with Crippen LogP contribution in [0.2, 0.25) is 0 Å². The lowest BCUT2D eigenvalue weighted by Crippen LogP contribution is -2.57. The summed E-state index contributed by atoms with van der Waals surface area (Å²) in [6, 6.07) is 16.3. The Kier molecular flexibility index (Phi) is 12.4. The Hall–Kier alpha value is -4.14. The molecule has 4 rings (SSSR count). The minimum atomic E-state index is -1.15. The molecule has 0 aromatic heterocycles. The number of nitrogens with zero attached hydrogens (tertiary/aromatic N) is 1. The Morgan fingerprint density at radius 1 is 0.957 bits per heavy atom. The second kappa shape index (κ2) is 16.4. The molecule has 0 radical (unpaired) electrons. The van der Waals surface area contributed by atoms with Crippen molar-refractivity contribution in [2.24, 2.45) is 0 Å². The van der Waals surface area contributed by atoms with Crippen LogP contribution in [-0.4, -0.2) is 76.1 Å². The molecule has 4 N–H and O–H groups in total. The van der Waals surface area contributed by atoms with E-state index >= 15 is 0 Å². The van der Waals surface area contributed by atoms with Crippen LogP contribution in [0.1, 0.15) is 29.7 Å². The van der Waals surface area contributed by atoms with Crippen LogP contribution in [0.3, 0.4) is 0 Å². The van der Waals surface area contributed by atoms with Crippen LogP contribution in [0, 0.1) is 11.6 Å². The van der Waals surface area contributed by atoms with E-state index in [0.29, 0.717) is 22.8 Å². The summed E-state index contributed by atoms with van der Waals surface area (Å²) in [6.07, 6.45) is 1.15. The highest BCUT2D eigenvalue weighted by Gasteiger charge is 2.49. The first-order valence-electron chi connectivity index (χ1n) is 14.2. The molecule has 0 spiro atoms. The van der Waals surface area contributed by atoms with E-state index in [-0.39, 0.29) is 18.1 Å². The zero-order valence-corrected chi connectivity index (χ0v) is 26.4. The standard InChI is InChI=1S/C32H33F2N3O7S2/c1-45-15-14-25(32(42)43)36-27(39)16-35-28(40)17-44-24-12-4-20(5-13-24)29-30(31(41)37(29)23-10-8-22(34)9-11-23)46-18-26(38)19-2-6-21(33)7-3-19/h2-13,25-26,29-30,38H,14-18H2,1H3,(H,35,40)(H,36,39)(H,42,43)/t25-,26?,29+,30+/m0/s1. The number of anilines is 1. The number of amides is 3. The number of ether oxygens (including phenoxy) is 1. The van der Waals surface area contributed by atoms with Crippen LogP contribution < -0.4 is 20.3 Å². The van der Waals surface area contributed by atoms with Crippen molar-refractivity contribution in [1.29, 1.82) is 0 Å². The van der Waals surface area contributed by atoms with Gasteiger partial charge in [0.05, 0.1) is 18.7 Å². The van der Waals surface area contributed by atoms with E-state index in [2.05, 4.69) is 10.6 Å². The molecule has 3 amide bonds. The molecule has 3 aromatic carbocycles. The molecule has 1 fully saturated rings. The van der Waals surface area contributed by atoms with Crippen LogP contribution in [-0.2, 0) is 19.2 Å². The smallest absolute Gasteiger partial charge is 0.326 e. The molecule has 0 bridgehead atoms. The van der Waals surface area contributed by atoms with Crippen molar-refractivity contribution in [3.05, 3.63) is 95.6 Å². The van der Waals surface area contributed by atoms with Crippen molar-refractivity contribution in [3.8, 4) is 5.75 Å². The number of aliphatic hydroxyl groups excluding tert-OH is 1. The summed E-state index contributed by atoms with van der Waals surface area (Å²) >= 11 is 2.71. The van der Waals surface area contributed by atoms with Gasteiger partial charge in [-0.3, -0.25) is 14.4 Å². The van der Waals surface area contributed by atoms with E-state index in [1.807, 2.05) is 6.26 Å². The Bertz CT molecular complexity index is 1510. The monoisotopic (exact) mass is 673 g/mol. The number of thioether (sulfide) groups is 2. The van der Waals surface area contributed by atoms with Gasteiger partial charge >= 0.3 is 5.97 Å². The number of carboxylic acids is 1. The van der Waals surface area contributed by atoms with E-state index in [0.717, 1.165) is 5.56 Å². The van der Waals surface area contributed by atoms with Crippen molar-refractivity contribution < 1.29 is 42.9 Å². The van der Waals surface area contributed by atoms with E-state index < -0.39 is 66.0 Å². The van der Waals surface area contributed by atoms with Gasteiger partial charge in [0.15, 0.2) is 6.61 Å². The summed E-state index contributed by atoms with van der Waals surface area (Å²) in [4.78, 5) is 50.4. The Morgan fingerprint density at radius 3 is 2.20 bits per heavy atom. The summed E-state index contributed by atoms with van der Waals surface area (Å²) in [5.41, 5.74) is 1.77. The van der Waals surface area contributed by atoms with Gasteiger partial charge in [-0.15, -0.1) is 11.8 Å². The van der Waals surface area contributed by atoms with Crippen LogP contribution in [0.15, 0.2) is 72.8 Å². The fraction of sp³-hybridized carbons (Fsp3) is 0.312. The van der Waals surface area contributed by atoms with Gasteiger partial charge in [0.2, 0.25) is 11.8 Å². The van der Waals surface area contributed by atoms with Crippen LogP contribution in [0.4, 0.5) is 14.5 Å². The Morgan fingerprint density at radius 2 is 1.59 bits per heavy atom. The lowest BCUT2D eigenvalue weighted by atomic mass is 9.92. The summed E-state index contributed by atoms with van der Waals surface area (Å²) in [6.45, 7) is -0.807. The minimum Gasteiger partial charge on any atom is -0.484 e. The first-order chi connectivity index (χ1) is 22.1. The number of carboxylic acid groups (broad SMARTS) is 1. The number of aliphatic carboxylic acids is 1. The summed E-state index contributed by atoms with van der Waals surface area (Å²) in [5.74, 6) is -2.37. The van der Waals surface area contributed by atoms with Gasteiger partial charge in [-0.25, -0.2) is 13.6 Å². The number of β-lactam (4-membered cyclic amide) rings is 1. The van der Waals surface area contributed by atoms with Gasteiger partial charge in [-0.1, -0.05) is 24.3 Å². The Labute approximate surface area is 272 Å². The molecule has 244 valence electrons. The molecule has 3 aromatic rings.